The summed E-state index contributed by atoms with van der Waals surface area (Å²) in [6, 6.07) is 12.6. The maximum atomic E-state index is 10.9. The van der Waals surface area contributed by atoms with Crippen molar-refractivity contribution in [2.45, 2.75) is 19.3 Å². The van der Waals surface area contributed by atoms with Gasteiger partial charge in [0.1, 0.15) is 5.75 Å². The molecule has 0 spiro atoms. The molecule has 1 heterocycles. The Labute approximate surface area is 134 Å². The summed E-state index contributed by atoms with van der Waals surface area (Å²) in [5.74, 6) is 1.81. The van der Waals surface area contributed by atoms with Gasteiger partial charge in [-0.2, -0.15) is 0 Å². The van der Waals surface area contributed by atoms with Gasteiger partial charge in [0.2, 0.25) is 5.88 Å². The molecule has 3 rings (SSSR count). The number of aromatic nitrogens is 1. The fourth-order valence-corrected chi connectivity index (χ4v) is 2.67. The number of hydrogen-bond acceptors (Lipinski definition) is 4. The van der Waals surface area contributed by atoms with Crippen molar-refractivity contribution in [1.29, 1.82) is 0 Å². The molecule has 1 saturated carbocycles. The number of nitrogens with two attached hydrogens (primary N) is 1. The highest BCUT2D eigenvalue weighted by molar-refractivity contribution is 5.70. The molecule has 0 aliphatic heterocycles. The molecule has 1 aromatic heterocycles. The molecule has 120 valence electrons. The number of aryl methyl sites for hydroxylation is 1. The van der Waals surface area contributed by atoms with Gasteiger partial charge in [0, 0.05) is 11.8 Å². The largest absolute Gasteiger partial charge is 0.439 e. The smallest absolute Gasteiger partial charge is 0.338 e. The van der Waals surface area contributed by atoms with E-state index in [9.17, 15) is 10.0 Å². The van der Waals surface area contributed by atoms with E-state index in [1.807, 2.05) is 49.4 Å². The molecule has 6 nitrogen and oxygen atoms in total. The highest BCUT2D eigenvalue weighted by atomic mass is 16.5. The molecule has 2 aromatic rings. The average molecular weight is 313 g/mol. The quantitative estimate of drug-likeness (QED) is 0.656. The van der Waals surface area contributed by atoms with Gasteiger partial charge in [-0.3, -0.25) is 5.21 Å². The van der Waals surface area contributed by atoms with Crippen molar-refractivity contribution >= 4 is 6.03 Å². The monoisotopic (exact) mass is 313 g/mol. The van der Waals surface area contributed by atoms with Gasteiger partial charge in [-0.05, 0) is 48.9 Å². The minimum absolute atomic E-state index is 0.222. The molecule has 1 aliphatic rings. The number of rotatable bonds is 5. The predicted octanol–water partition coefficient (Wildman–Crippen LogP) is 3.06. The zero-order valence-corrected chi connectivity index (χ0v) is 12.8. The van der Waals surface area contributed by atoms with Gasteiger partial charge in [-0.15, -0.1) is 0 Å². The Bertz CT molecular complexity index is 720. The normalized spacial score (nSPS) is 19.2. The molecule has 6 heteroatoms. The molecule has 1 fully saturated rings. The third-order valence-electron chi connectivity index (χ3n) is 3.96. The van der Waals surface area contributed by atoms with E-state index in [-0.39, 0.29) is 12.5 Å². The van der Waals surface area contributed by atoms with E-state index in [0.29, 0.717) is 16.9 Å². The number of nitrogens with zero attached hydrogens (tertiary/aromatic N) is 2. The molecular weight excluding hydrogens is 294 g/mol. The zero-order valence-electron chi connectivity index (χ0n) is 12.8. The zero-order chi connectivity index (χ0) is 16.4. The van der Waals surface area contributed by atoms with Gasteiger partial charge >= 0.3 is 6.03 Å². The Hall–Kier alpha value is -2.60. The van der Waals surface area contributed by atoms with Crippen LogP contribution in [0.4, 0.5) is 4.79 Å². The Morgan fingerprint density at radius 2 is 2.17 bits per heavy atom. The van der Waals surface area contributed by atoms with Crippen LogP contribution in [0.1, 0.15) is 23.6 Å². The van der Waals surface area contributed by atoms with Gasteiger partial charge in [0.05, 0.1) is 6.54 Å². The number of urea groups is 1. The van der Waals surface area contributed by atoms with Gasteiger partial charge in [-0.25, -0.2) is 14.8 Å². The number of hydrogen-bond donors (Lipinski definition) is 2. The van der Waals surface area contributed by atoms with Crippen LogP contribution in [-0.4, -0.2) is 27.8 Å². The van der Waals surface area contributed by atoms with E-state index in [2.05, 4.69) is 4.98 Å². The Morgan fingerprint density at radius 3 is 2.91 bits per heavy atom. The van der Waals surface area contributed by atoms with Crippen LogP contribution in [-0.2, 0) is 0 Å². The maximum Gasteiger partial charge on any atom is 0.338 e. The lowest BCUT2D eigenvalue weighted by Gasteiger charge is -2.11. The van der Waals surface area contributed by atoms with E-state index >= 15 is 0 Å². The lowest BCUT2D eigenvalue weighted by atomic mass is 10.1. The fourth-order valence-electron chi connectivity index (χ4n) is 2.67. The van der Waals surface area contributed by atoms with Gasteiger partial charge in [0.15, 0.2) is 0 Å². The first-order chi connectivity index (χ1) is 11.0. The first-order valence-electron chi connectivity index (χ1n) is 7.50. The first-order valence-corrected chi connectivity index (χ1v) is 7.50. The number of ether oxygens (including phenoxy) is 1. The minimum atomic E-state index is -0.821. The summed E-state index contributed by atoms with van der Waals surface area (Å²) in [6.07, 6.45) is 0.913. The molecule has 3 N–H and O–H groups in total. The SMILES string of the molecule is Cc1cccc(Oc2cccc(C3CC3CN(O)C(N)=O)c2)n1. The summed E-state index contributed by atoms with van der Waals surface area (Å²) in [4.78, 5) is 15.2. The third-order valence-corrected chi connectivity index (χ3v) is 3.96. The third kappa shape index (κ3) is 3.78. The highest BCUT2D eigenvalue weighted by Crippen LogP contribution is 2.48. The second kappa shape index (κ2) is 6.26. The van der Waals surface area contributed by atoms with Crippen molar-refractivity contribution in [2.24, 2.45) is 11.7 Å². The average Bonchev–Trinajstić information content (AvgIpc) is 3.26. The number of carbonyl (C=O) groups excluding carboxylic acids is 1. The maximum absolute atomic E-state index is 10.9. The van der Waals surface area contributed by atoms with Crippen molar-refractivity contribution in [1.82, 2.24) is 10.0 Å². The van der Waals surface area contributed by atoms with E-state index in [1.54, 1.807) is 0 Å². The summed E-state index contributed by atoms with van der Waals surface area (Å²) in [7, 11) is 0. The molecule has 1 aromatic carbocycles. The van der Waals surface area contributed by atoms with Crippen molar-refractivity contribution in [3.8, 4) is 11.6 Å². The van der Waals surface area contributed by atoms with Crippen LogP contribution in [0, 0.1) is 12.8 Å². The van der Waals surface area contributed by atoms with Crippen molar-refractivity contribution < 1.29 is 14.7 Å². The van der Waals surface area contributed by atoms with Crippen LogP contribution in [0.2, 0.25) is 0 Å². The van der Waals surface area contributed by atoms with Crippen LogP contribution in [0.3, 0.4) is 0 Å². The van der Waals surface area contributed by atoms with Crippen molar-refractivity contribution in [3.05, 3.63) is 53.7 Å². The molecule has 1 aliphatic carbocycles. The van der Waals surface area contributed by atoms with Gasteiger partial charge in [-0.1, -0.05) is 18.2 Å². The Morgan fingerprint density at radius 1 is 1.39 bits per heavy atom. The lowest BCUT2D eigenvalue weighted by Crippen LogP contribution is -2.34. The predicted molar refractivity (Wildman–Crippen MR) is 84.4 cm³/mol. The first kappa shape index (κ1) is 15.3. The molecule has 0 saturated heterocycles. The van der Waals surface area contributed by atoms with E-state index in [1.165, 1.54) is 0 Å². The number of primary amides is 1. The van der Waals surface area contributed by atoms with Crippen LogP contribution in [0.5, 0.6) is 11.6 Å². The molecule has 0 bridgehead atoms. The molecule has 2 amide bonds. The number of hydroxylamine groups is 2. The van der Waals surface area contributed by atoms with Crippen LogP contribution in [0.25, 0.3) is 0 Å². The molecule has 23 heavy (non-hydrogen) atoms. The molecule has 2 unspecified atom stereocenters. The highest BCUT2D eigenvalue weighted by Gasteiger charge is 2.40. The number of amides is 2. The Balaban J connectivity index is 1.66. The van der Waals surface area contributed by atoms with Crippen LogP contribution >= 0.6 is 0 Å². The second-order valence-electron chi connectivity index (χ2n) is 5.81. The van der Waals surface area contributed by atoms with Crippen molar-refractivity contribution in [3.63, 3.8) is 0 Å². The number of benzene rings is 1. The molecular formula is C17H19N3O3. The lowest BCUT2D eigenvalue weighted by molar-refractivity contribution is -0.0431. The summed E-state index contributed by atoms with van der Waals surface area (Å²) < 4.78 is 5.79. The van der Waals surface area contributed by atoms with Crippen LogP contribution in [0.15, 0.2) is 42.5 Å². The number of pyridine rings is 1. The molecule has 0 radical (unpaired) electrons. The standard InChI is InChI=1S/C17H19N3O3/c1-11-4-2-7-16(19-11)23-14-6-3-5-12(8-14)15-9-13(15)10-20(22)17(18)21/h2-8,13,15,22H,9-10H2,1H3,(H2,18,21). The summed E-state index contributed by atoms with van der Waals surface area (Å²) >= 11 is 0. The van der Waals surface area contributed by atoms with Crippen LogP contribution < -0.4 is 10.5 Å². The Kier molecular flexibility index (Phi) is 4.16. The molecule has 2 atom stereocenters. The van der Waals surface area contributed by atoms with Gasteiger partial charge < -0.3 is 10.5 Å². The number of carbonyl (C=O) groups is 1. The van der Waals surface area contributed by atoms with Crippen molar-refractivity contribution in [2.75, 3.05) is 6.54 Å². The summed E-state index contributed by atoms with van der Waals surface area (Å²) in [6.45, 7) is 2.17. The fraction of sp³-hybridized carbons (Fsp3) is 0.294. The summed E-state index contributed by atoms with van der Waals surface area (Å²) in [5.41, 5.74) is 7.05. The van der Waals surface area contributed by atoms with E-state index in [0.717, 1.165) is 23.4 Å². The minimum Gasteiger partial charge on any atom is -0.439 e. The second-order valence-corrected chi connectivity index (χ2v) is 5.81. The van der Waals surface area contributed by atoms with Gasteiger partial charge in [0.25, 0.3) is 0 Å². The van der Waals surface area contributed by atoms with E-state index < -0.39 is 6.03 Å². The summed E-state index contributed by atoms with van der Waals surface area (Å²) in [5, 5.41) is 9.97. The topological polar surface area (TPSA) is 88.7 Å². The van der Waals surface area contributed by atoms with E-state index in [4.69, 9.17) is 10.5 Å².